The third-order valence-electron chi connectivity index (χ3n) is 4.72. The van der Waals surface area contributed by atoms with E-state index in [0.717, 1.165) is 12.0 Å². The molecule has 2 aliphatic rings. The lowest BCUT2D eigenvalue weighted by Gasteiger charge is -2.33. The molecule has 2 heteroatoms. The van der Waals surface area contributed by atoms with Crippen LogP contribution in [0.2, 0.25) is 0 Å². The fourth-order valence-corrected chi connectivity index (χ4v) is 3.54. The maximum absolute atomic E-state index is 3.61. The topological polar surface area (TPSA) is 15.3 Å². The maximum Gasteiger partial charge on any atom is 0.0195 e. The number of nitrogens with one attached hydrogen (secondary N) is 1. The van der Waals surface area contributed by atoms with E-state index in [1.807, 2.05) is 0 Å². The first kappa shape index (κ1) is 13.1. The second-order valence-electron chi connectivity index (χ2n) is 6.23. The highest BCUT2D eigenvalue weighted by Gasteiger charge is 2.23. The van der Waals surface area contributed by atoms with Crippen molar-refractivity contribution in [3.8, 4) is 0 Å². The highest BCUT2D eigenvalue weighted by Crippen LogP contribution is 2.22. The van der Waals surface area contributed by atoms with Gasteiger partial charge in [-0.25, -0.2) is 0 Å². The number of piperidine rings is 1. The molecule has 0 bridgehead atoms. The molecule has 2 aliphatic heterocycles. The summed E-state index contributed by atoms with van der Waals surface area (Å²) in [5, 5.41) is 3.61. The zero-order chi connectivity index (χ0) is 12.9. The summed E-state index contributed by atoms with van der Waals surface area (Å²) in [7, 11) is 0. The Kier molecular flexibility index (Phi) is 4.52. The summed E-state index contributed by atoms with van der Waals surface area (Å²) < 4.78 is 0. The summed E-state index contributed by atoms with van der Waals surface area (Å²) in [6.45, 7) is 5.11. The van der Waals surface area contributed by atoms with Crippen LogP contribution in [0.4, 0.5) is 0 Å². The van der Waals surface area contributed by atoms with E-state index in [4.69, 9.17) is 0 Å². The average molecular weight is 258 g/mol. The van der Waals surface area contributed by atoms with E-state index in [9.17, 15) is 0 Å². The molecule has 2 fully saturated rings. The lowest BCUT2D eigenvalue weighted by Crippen LogP contribution is -2.42. The van der Waals surface area contributed by atoms with Crippen molar-refractivity contribution >= 4 is 0 Å². The second-order valence-corrected chi connectivity index (χ2v) is 6.23. The minimum atomic E-state index is 0.769. The zero-order valence-corrected chi connectivity index (χ0v) is 11.9. The number of hydrogen-bond donors (Lipinski definition) is 1. The van der Waals surface area contributed by atoms with Gasteiger partial charge >= 0.3 is 0 Å². The quantitative estimate of drug-likeness (QED) is 0.893. The van der Waals surface area contributed by atoms with E-state index in [1.165, 1.54) is 63.8 Å². The van der Waals surface area contributed by atoms with Crippen LogP contribution in [-0.2, 0) is 6.42 Å². The summed E-state index contributed by atoms with van der Waals surface area (Å²) in [6.07, 6.45) is 6.78. The van der Waals surface area contributed by atoms with Crippen molar-refractivity contribution in [2.45, 2.75) is 38.1 Å². The van der Waals surface area contributed by atoms with E-state index >= 15 is 0 Å². The zero-order valence-electron chi connectivity index (χ0n) is 11.9. The van der Waals surface area contributed by atoms with Gasteiger partial charge in [-0.2, -0.15) is 0 Å². The Morgan fingerprint density at radius 1 is 1.05 bits per heavy atom. The molecule has 0 unspecified atom stereocenters. The molecule has 0 radical (unpaired) electrons. The molecule has 2 saturated heterocycles. The molecule has 0 amide bonds. The van der Waals surface area contributed by atoms with Gasteiger partial charge in [0.1, 0.15) is 0 Å². The SMILES string of the molecule is c1ccc(CC2CCN(C[C@@H]3CCCN3)CC2)cc1. The molecule has 1 aromatic rings. The largest absolute Gasteiger partial charge is 0.313 e. The number of hydrogen-bond acceptors (Lipinski definition) is 2. The Morgan fingerprint density at radius 3 is 2.53 bits per heavy atom. The van der Waals surface area contributed by atoms with Crippen molar-refractivity contribution in [3.63, 3.8) is 0 Å². The van der Waals surface area contributed by atoms with Crippen molar-refractivity contribution < 1.29 is 0 Å². The normalized spacial score (nSPS) is 25.8. The van der Waals surface area contributed by atoms with E-state index < -0.39 is 0 Å². The van der Waals surface area contributed by atoms with Gasteiger partial charge in [-0.1, -0.05) is 30.3 Å². The Bertz CT molecular complexity index is 362. The van der Waals surface area contributed by atoms with Gasteiger partial charge in [0.15, 0.2) is 0 Å². The van der Waals surface area contributed by atoms with E-state index in [0.29, 0.717) is 0 Å². The highest BCUT2D eigenvalue weighted by atomic mass is 15.2. The Hall–Kier alpha value is -0.860. The van der Waals surface area contributed by atoms with Crippen LogP contribution in [0.3, 0.4) is 0 Å². The summed E-state index contributed by atoms with van der Waals surface area (Å²) in [6, 6.07) is 11.8. The molecule has 0 spiro atoms. The van der Waals surface area contributed by atoms with Gasteiger partial charge in [-0.3, -0.25) is 0 Å². The van der Waals surface area contributed by atoms with E-state index in [1.54, 1.807) is 0 Å². The van der Waals surface area contributed by atoms with E-state index in [2.05, 4.69) is 40.5 Å². The first-order chi connectivity index (χ1) is 9.40. The molecule has 1 aromatic carbocycles. The number of likely N-dealkylation sites (tertiary alicyclic amines) is 1. The van der Waals surface area contributed by atoms with Crippen LogP contribution in [0.5, 0.6) is 0 Å². The van der Waals surface area contributed by atoms with Gasteiger partial charge in [-0.15, -0.1) is 0 Å². The van der Waals surface area contributed by atoms with Crippen LogP contribution in [0.25, 0.3) is 0 Å². The smallest absolute Gasteiger partial charge is 0.0195 e. The predicted molar refractivity (Wildman–Crippen MR) is 80.3 cm³/mol. The summed E-state index contributed by atoms with van der Waals surface area (Å²) in [5.74, 6) is 0.898. The molecular formula is C17H26N2. The predicted octanol–water partition coefficient (Wildman–Crippen LogP) is 2.69. The molecular weight excluding hydrogens is 232 g/mol. The number of nitrogens with zero attached hydrogens (tertiary/aromatic N) is 1. The highest BCUT2D eigenvalue weighted by molar-refractivity contribution is 5.15. The monoisotopic (exact) mass is 258 g/mol. The third kappa shape index (κ3) is 3.80. The van der Waals surface area contributed by atoms with Crippen LogP contribution in [0.1, 0.15) is 31.2 Å². The van der Waals surface area contributed by atoms with Crippen molar-refractivity contribution in [3.05, 3.63) is 35.9 Å². The van der Waals surface area contributed by atoms with Crippen molar-refractivity contribution in [1.82, 2.24) is 10.2 Å². The summed E-state index contributed by atoms with van der Waals surface area (Å²) >= 11 is 0. The Morgan fingerprint density at radius 2 is 1.84 bits per heavy atom. The summed E-state index contributed by atoms with van der Waals surface area (Å²) in [5.41, 5.74) is 1.51. The lowest BCUT2D eigenvalue weighted by atomic mass is 9.90. The first-order valence-corrected chi connectivity index (χ1v) is 7.90. The lowest BCUT2D eigenvalue weighted by molar-refractivity contribution is 0.171. The number of rotatable bonds is 4. The van der Waals surface area contributed by atoms with Crippen LogP contribution in [-0.4, -0.2) is 37.1 Å². The van der Waals surface area contributed by atoms with E-state index in [-0.39, 0.29) is 0 Å². The second kappa shape index (κ2) is 6.53. The van der Waals surface area contributed by atoms with Crippen molar-refractivity contribution in [2.75, 3.05) is 26.2 Å². The molecule has 2 nitrogen and oxygen atoms in total. The Labute approximate surface area is 117 Å². The van der Waals surface area contributed by atoms with Crippen molar-refractivity contribution in [1.29, 1.82) is 0 Å². The molecule has 0 saturated carbocycles. The molecule has 3 rings (SSSR count). The van der Waals surface area contributed by atoms with Gasteiger partial charge in [0.2, 0.25) is 0 Å². The van der Waals surface area contributed by atoms with Crippen LogP contribution >= 0.6 is 0 Å². The van der Waals surface area contributed by atoms with Crippen LogP contribution < -0.4 is 5.32 Å². The molecule has 1 atom stereocenters. The maximum atomic E-state index is 3.61. The molecule has 0 aliphatic carbocycles. The molecule has 19 heavy (non-hydrogen) atoms. The molecule has 1 N–H and O–H groups in total. The molecule has 0 aromatic heterocycles. The third-order valence-corrected chi connectivity index (χ3v) is 4.72. The minimum absolute atomic E-state index is 0.769. The van der Waals surface area contributed by atoms with Crippen LogP contribution in [0.15, 0.2) is 30.3 Å². The first-order valence-electron chi connectivity index (χ1n) is 7.90. The van der Waals surface area contributed by atoms with Gasteiger partial charge in [0, 0.05) is 12.6 Å². The number of benzene rings is 1. The average Bonchev–Trinajstić information content (AvgIpc) is 2.95. The fraction of sp³-hybridized carbons (Fsp3) is 0.647. The fourth-order valence-electron chi connectivity index (χ4n) is 3.54. The summed E-state index contributed by atoms with van der Waals surface area (Å²) in [4.78, 5) is 2.67. The molecule has 2 heterocycles. The van der Waals surface area contributed by atoms with Gasteiger partial charge in [-0.05, 0) is 63.2 Å². The van der Waals surface area contributed by atoms with Crippen LogP contribution in [0, 0.1) is 5.92 Å². The van der Waals surface area contributed by atoms with Gasteiger partial charge in [0.05, 0.1) is 0 Å². The Balaban J connectivity index is 1.41. The standard InChI is InChI=1S/C17H26N2/c1-2-5-15(6-3-1)13-16-8-11-19(12-9-16)14-17-7-4-10-18-17/h1-3,5-6,16-18H,4,7-14H2/t17-/m0/s1. The van der Waals surface area contributed by atoms with Crippen molar-refractivity contribution in [2.24, 2.45) is 5.92 Å². The van der Waals surface area contributed by atoms with Gasteiger partial charge < -0.3 is 10.2 Å². The minimum Gasteiger partial charge on any atom is -0.313 e. The molecule has 104 valence electrons. The van der Waals surface area contributed by atoms with Gasteiger partial charge in [0.25, 0.3) is 0 Å².